The molecule has 128 valence electrons. The standard InChI is InChI=1S/C18H14F2N2O3/c19-18(20)25-16-8-4-2-6-14(16)21-17(24)10-22-9-12(11-23)13-5-1-3-7-15(13)22/h1-9,11,18H,10H2,(H,21,24). The van der Waals surface area contributed by atoms with Crippen molar-refractivity contribution in [3.05, 3.63) is 60.3 Å². The van der Waals surface area contributed by atoms with Gasteiger partial charge in [-0.2, -0.15) is 8.78 Å². The van der Waals surface area contributed by atoms with E-state index in [9.17, 15) is 18.4 Å². The predicted molar refractivity (Wildman–Crippen MR) is 89.0 cm³/mol. The molecule has 0 bridgehead atoms. The molecular weight excluding hydrogens is 330 g/mol. The van der Waals surface area contributed by atoms with Crippen molar-refractivity contribution in [1.82, 2.24) is 4.57 Å². The van der Waals surface area contributed by atoms with E-state index in [0.29, 0.717) is 5.56 Å². The van der Waals surface area contributed by atoms with Gasteiger partial charge in [-0.3, -0.25) is 9.59 Å². The first-order valence-corrected chi connectivity index (χ1v) is 7.45. The largest absolute Gasteiger partial charge is 0.433 e. The third kappa shape index (κ3) is 3.65. The highest BCUT2D eigenvalue weighted by Gasteiger charge is 2.14. The normalized spacial score (nSPS) is 10.8. The minimum absolute atomic E-state index is 0.0721. The van der Waals surface area contributed by atoms with Gasteiger partial charge in [0.1, 0.15) is 12.3 Å². The molecule has 0 fully saturated rings. The number of amides is 1. The summed E-state index contributed by atoms with van der Waals surface area (Å²) in [5.74, 6) is -0.541. The van der Waals surface area contributed by atoms with Crippen LogP contribution in [0, 0.1) is 0 Å². The highest BCUT2D eigenvalue weighted by molar-refractivity contribution is 5.99. The third-order valence-corrected chi connectivity index (χ3v) is 3.64. The number of nitrogens with zero attached hydrogens (tertiary/aromatic N) is 1. The number of benzene rings is 2. The maximum Gasteiger partial charge on any atom is 0.387 e. The van der Waals surface area contributed by atoms with Gasteiger partial charge < -0.3 is 14.6 Å². The van der Waals surface area contributed by atoms with E-state index in [2.05, 4.69) is 10.1 Å². The van der Waals surface area contributed by atoms with Crippen LogP contribution in [0.25, 0.3) is 10.9 Å². The Labute approximate surface area is 141 Å². The lowest BCUT2D eigenvalue weighted by molar-refractivity contribution is -0.116. The van der Waals surface area contributed by atoms with Crippen LogP contribution < -0.4 is 10.1 Å². The fourth-order valence-corrected chi connectivity index (χ4v) is 2.61. The monoisotopic (exact) mass is 344 g/mol. The number of anilines is 1. The number of hydrogen-bond acceptors (Lipinski definition) is 3. The van der Waals surface area contributed by atoms with Crippen molar-refractivity contribution in [2.45, 2.75) is 13.2 Å². The molecule has 0 saturated heterocycles. The van der Waals surface area contributed by atoms with Crippen LogP contribution in [0.4, 0.5) is 14.5 Å². The third-order valence-electron chi connectivity index (χ3n) is 3.64. The van der Waals surface area contributed by atoms with E-state index in [-0.39, 0.29) is 18.0 Å². The second kappa shape index (κ2) is 7.12. The summed E-state index contributed by atoms with van der Waals surface area (Å²) in [5, 5.41) is 3.29. The number of fused-ring (bicyclic) bond motifs is 1. The number of carbonyl (C=O) groups is 2. The zero-order valence-corrected chi connectivity index (χ0v) is 13.0. The Morgan fingerprint density at radius 3 is 2.64 bits per heavy atom. The van der Waals surface area contributed by atoms with E-state index >= 15 is 0 Å². The van der Waals surface area contributed by atoms with Crippen molar-refractivity contribution in [2.75, 3.05) is 5.32 Å². The molecule has 0 aliphatic carbocycles. The Balaban J connectivity index is 1.81. The number of aromatic nitrogens is 1. The van der Waals surface area contributed by atoms with Gasteiger partial charge in [-0.15, -0.1) is 0 Å². The molecule has 1 amide bonds. The number of carbonyl (C=O) groups excluding carboxylic acids is 2. The first-order chi connectivity index (χ1) is 12.1. The number of aldehydes is 1. The summed E-state index contributed by atoms with van der Waals surface area (Å²) in [6.45, 7) is -3.06. The number of hydrogen-bond donors (Lipinski definition) is 1. The molecule has 2 aromatic carbocycles. The van der Waals surface area contributed by atoms with E-state index in [1.165, 1.54) is 18.2 Å². The fraction of sp³-hybridized carbons (Fsp3) is 0.111. The molecule has 0 atom stereocenters. The Morgan fingerprint density at radius 1 is 1.16 bits per heavy atom. The Kier molecular flexibility index (Phi) is 4.74. The lowest BCUT2D eigenvalue weighted by Gasteiger charge is -2.12. The lowest BCUT2D eigenvalue weighted by atomic mass is 10.2. The molecule has 1 N–H and O–H groups in total. The first-order valence-electron chi connectivity index (χ1n) is 7.45. The summed E-state index contributed by atoms with van der Waals surface area (Å²) in [5.41, 5.74) is 1.36. The summed E-state index contributed by atoms with van der Waals surface area (Å²) >= 11 is 0. The van der Waals surface area contributed by atoms with Gasteiger partial charge in [0.25, 0.3) is 0 Å². The van der Waals surface area contributed by atoms with Crippen LogP contribution in [0.15, 0.2) is 54.7 Å². The van der Waals surface area contributed by atoms with Gasteiger partial charge in [-0.05, 0) is 18.2 Å². The van der Waals surface area contributed by atoms with E-state index < -0.39 is 12.5 Å². The van der Waals surface area contributed by atoms with Gasteiger partial charge >= 0.3 is 6.61 Å². The lowest BCUT2D eigenvalue weighted by Crippen LogP contribution is -2.19. The zero-order chi connectivity index (χ0) is 17.8. The highest BCUT2D eigenvalue weighted by atomic mass is 19.3. The average molecular weight is 344 g/mol. The molecule has 5 nitrogen and oxygen atoms in total. The molecule has 1 aromatic heterocycles. The second-order valence-electron chi connectivity index (χ2n) is 5.27. The van der Waals surface area contributed by atoms with Crippen LogP contribution in [0.5, 0.6) is 5.75 Å². The number of alkyl halides is 2. The molecule has 7 heteroatoms. The van der Waals surface area contributed by atoms with Crippen LogP contribution in [0.2, 0.25) is 0 Å². The number of halogens is 2. The molecule has 1 heterocycles. The smallest absolute Gasteiger partial charge is 0.387 e. The van der Waals surface area contributed by atoms with E-state index in [4.69, 9.17) is 0 Å². The highest BCUT2D eigenvalue weighted by Crippen LogP contribution is 2.26. The van der Waals surface area contributed by atoms with Crippen molar-refractivity contribution in [1.29, 1.82) is 0 Å². The first kappa shape index (κ1) is 16.6. The molecule has 0 radical (unpaired) electrons. The number of ether oxygens (including phenoxy) is 1. The van der Waals surface area contributed by atoms with Gasteiger partial charge in [0.05, 0.1) is 5.69 Å². The van der Waals surface area contributed by atoms with Crippen LogP contribution in [0.1, 0.15) is 10.4 Å². The number of nitrogens with one attached hydrogen (secondary N) is 1. The van der Waals surface area contributed by atoms with Crippen LogP contribution in [-0.4, -0.2) is 23.4 Å². The molecule has 0 aliphatic heterocycles. The van der Waals surface area contributed by atoms with Crippen LogP contribution in [0.3, 0.4) is 0 Å². The van der Waals surface area contributed by atoms with Crippen molar-refractivity contribution < 1.29 is 23.1 Å². The predicted octanol–water partition coefficient (Wildman–Crippen LogP) is 3.69. The summed E-state index contributed by atoms with van der Waals surface area (Å²) in [6.07, 6.45) is 2.31. The molecule has 0 aliphatic rings. The van der Waals surface area contributed by atoms with Crippen molar-refractivity contribution in [2.24, 2.45) is 0 Å². The second-order valence-corrected chi connectivity index (χ2v) is 5.27. The zero-order valence-electron chi connectivity index (χ0n) is 13.0. The Hall–Kier alpha value is -3.22. The topological polar surface area (TPSA) is 60.3 Å². The molecule has 0 spiro atoms. The SMILES string of the molecule is O=Cc1cn(CC(=O)Nc2ccccc2OC(F)F)c2ccccc12. The van der Waals surface area contributed by atoms with E-state index in [1.807, 2.05) is 0 Å². The van der Waals surface area contributed by atoms with Gasteiger partial charge in [0.2, 0.25) is 5.91 Å². The van der Waals surface area contributed by atoms with Crippen molar-refractivity contribution in [3.63, 3.8) is 0 Å². The van der Waals surface area contributed by atoms with Crippen LogP contribution >= 0.6 is 0 Å². The quantitative estimate of drug-likeness (QED) is 0.694. The Bertz CT molecular complexity index is 922. The maximum atomic E-state index is 12.4. The van der Waals surface area contributed by atoms with Crippen LogP contribution in [-0.2, 0) is 11.3 Å². The van der Waals surface area contributed by atoms with E-state index in [1.54, 1.807) is 41.1 Å². The van der Waals surface area contributed by atoms with Gasteiger partial charge in [-0.1, -0.05) is 30.3 Å². The molecule has 3 aromatic rings. The van der Waals surface area contributed by atoms with Crippen molar-refractivity contribution >= 4 is 28.8 Å². The minimum atomic E-state index is -2.98. The molecule has 25 heavy (non-hydrogen) atoms. The molecule has 0 saturated carbocycles. The number of rotatable bonds is 6. The Morgan fingerprint density at radius 2 is 1.88 bits per heavy atom. The van der Waals surface area contributed by atoms with E-state index in [0.717, 1.165) is 17.2 Å². The average Bonchev–Trinajstić information content (AvgIpc) is 2.94. The summed E-state index contributed by atoms with van der Waals surface area (Å²) < 4.78 is 30.9. The number of para-hydroxylation sites is 3. The summed E-state index contributed by atoms with van der Waals surface area (Å²) in [6, 6.07) is 13.1. The fourth-order valence-electron chi connectivity index (χ4n) is 2.61. The van der Waals surface area contributed by atoms with Crippen molar-refractivity contribution in [3.8, 4) is 5.75 Å². The van der Waals surface area contributed by atoms with Gasteiger partial charge in [-0.25, -0.2) is 0 Å². The summed E-state index contributed by atoms with van der Waals surface area (Å²) in [7, 11) is 0. The molecule has 3 rings (SSSR count). The minimum Gasteiger partial charge on any atom is -0.433 e. The molecular formula is C18H14F2N2O3. The van der Waals surface area contributed by atoms with Gasteiger partial charge in [0.15, 0.2) is 6.29 Å². The summed E-state index contributed by atoms with van der Waals surface area (Å²) in [4.78, 5) is 23.5. The van der Waals surface area contributed by atoms with Gasteiger partial charge in [0, 0.05) is 22.7 Å². The molecule has 0 unspecified atom stereocenters. The maximum absolute atomic E-state index is 12.4.